The minimum atomic E-state index is -0.929. The maximum Gasteiger partial charge on any atom is 0.277 e. The van der Waals surface area contributed by atoms with Gasteiger partial charge in [-0.05, 0) is 50.8 Å². The molecule has 1 unspecified atom stereocenters. The van der Waals surface area contributed by atoms with Gasteiger partial charge in [0.15, 0.2) is 5.82 Å². The molecule has 4 aromatic rings. The summed E-state index contributed by atoms with van der Waals surface area (Å²) >= 11 is 7.91. The summed E-state index contributed by atoms with van der Waals surface area (Å²) in [6.07, 6.45) is 5.70. The van der Waals surface area contributed by atoms with Gasteiger partial charge in [0.2, 0.25) is 23.6 Å². The molecule has 2 aromatic heterocycles. The average molecular weight is 936 g/mol. The SMILES string of the molecule is CC1(N)CCN(c2cnc(Sc3cccc(NC(=O)CCCC(=O)NCCOCCOCCOCCC(=O)Nc4cccc5cnn(C6CCC(=O)NC6=O)c(=O)c45)c3Cl)c(N)n2)CC1. The molecule has 2 aromatic carbocycles. The fraction of sp³-hybridized carbons (Fsp3) is 0.465. The van der Waals surface area contributed by atoms with Gasteiger partial charge in [0.05, 0.1) is 80.2 Å². The lowest BCUT2D eigenvalue weighted by Gasteiger charge is -2.37. The number of rotatable bonds is 22. The molecule has 20 nitrogen and oxygen atoms in total. The van der Waals surface area contributed by atoms with Crippen LogP contribution in [0.2, 0.25) is 5.02 Å². The Labute approximate surface area is 384 Å². The Morgan fingerprint density at radius 1 is 0.892 bits per heavy atom. The molecule has 22 heteroatoms. The van der Waals surface area contributed by atoms with Crippen molar-refractivity contribution in [3.8, 4) is 0 Å². The van der Waals surface area contributed by atoms with Crippen LogP contribution in [0.3, 0.4) is 0 Å². The van der Waals surface area contributed by atoms with Gasteiger partial charge >= 0.3 is 0 Å². The van der Waals surface area contributed by atoms with E-state index in [9.17, 15) is 28.8 Å². The van der Waals surface area contributed by atoms with Crippen molar-refractivity contribution < 1.29 is 38.2 Å². The Bertz CT molecular complexity index is 2410. The zero-order valence-electron chi connectivity index (χ0n) is 36.1. The van der Waals surface area contributed by atoms with E-state index in [1.807, 2.05) is 0 Å². The zero-order chi connectivity index (χ0) is 46.3. The number of halogens is 1. The third-order valence-corrected chi connectivity index (χ3v) is 12.2. The summed E-state index contributed by atoms with van der Waals surface area (Å²) in [7, 11) is 0. The van der Waals surface area contributed by atoms with Crippen molar-refractivity contribution in [3.63, 3.8) is 0 Å². The molecule has 65 heavy (non-hydrogen) atoms. The minimum absolute atomic E-state index is 0.0210. The minimum Gasteiger partial charge on any atom is -0.381 e. The number of nitrogens with one attached hydrogen (secondary N) is 4. The number of anilines is 4. The van der Waals surface area contributed by atoms with Crippen molar-refractivity contribution >= 4 is 86.7 Å². The number of hydrogen-bond acceptors (Lipinski definition) is 16. The molecule has 0 spiro atoms. The predicted octanol–water partition coefficient (Wildman–Crippen LogP) is 3.17. The van der Waals surface area contributed by atoms with Gasteiger partial charge in [-0.25, -0.2) is 14.6 Å². The van der Waals surface area contributed by atoms with Crippen molar-refractivity contribution in [2.75, 3.05) is 80.5 Å². The van der Waals surface area contributed by atoms with Gasteiger partial charge in [-0.3, -0.25) is 34.1 Å². The summed E-state index contributed by atoms with van der Waals surface area (Å²) in [5.74, 6) is -0.879. The van der Waals surface area contributed by atoms with E-state index >= 15 is 0 Å². The third kappa shape index (κ3) is 14.1. The van der Waals surface area contributed by atoms with Crippen LogP contribution in [0.4, 0.5) is 23.0 Å². The highest BCUT2D eigenvalue weighted by atomic mass is 35.5. The summed E-state index contributed by atoms with van der Waals surface area (Å²) in [5, 5.41) is 16.2. The molecule has 2 aliphatic heterocycles. The van der Waals surface area contributed by atoms with Crippen molar-refractivity contribution in [2.24, 2.45) is 5.73 Å². The van der Waals surface area contributed by atoms with Crippen molar-refractivity contribution in [3.05, 3.63) is 64.2 Å². The van der Waals surface area contributed by atoms with E-state index < -0.39 is 23.4 Å². The van der Waals surface area contributed by atoms with Gasteiger partial charge in [-0.15, -0.1) is 0 Å². The van der Waals surface area contributed by atoms with Crippen LogP contribution < -0.4 is 43.2 Å². The number of nitrogen functional groups attached to an aromatic ring is 1. The number of nitrogens with zero attached hydrogens (tertiary/aromatic N) is 5. The normalized spacial score (nSPS) is 16.0. The first-order chi connectivity index (χ1) is 31.3. The number of benzene rings is 2. The lowest BCUT2D eigenvalue weighted by Crippen LogP contribution is -2.48. The fourth-order valence-electron chi connectivity index (χ4n) is 6.99. The molecule has 348 valence electrons. The zero-order valence-corrected chi connectivity index (χ0v) is 37.6. The number of carbonyl (C=O) groups is 5. The van der Waals surface area contributed by atoms with E-state index in [1.54, 1.807) is 42.6 Å². The number of hydrogen-bond donors (Lipinski definition) is 6. The molecule has 1 atom stereocenters. The van der Waals surface area contributed by atoms with E-state index in [4.69, 9.17) is 37.3 Å². The first-order valence-corrected chi connectivity index (χ1v) is 22.5. The van der Waals surface area contributed by atoms with Crippen molar-refractivity contribution in [1.82, 2.24) is 30.4 Å². The Balaban J connectivity index is 0.782. The highest BCUT2D eigenvalue weighted by Gasteiger charge is 2.31. The van der Waals surface area contributed by atoms with Crippen LogP contribution in [0.25, 0.3) is 10.8 Å². The van der Waals surface area contributed by atoms with E-state index in [-0.39, 0.29) is 98.7 Å². The Kier molecular flexibility index (Phi) is 17.6. The molecule has 0 aliphatic carbocycles. The Morgan fingerprint density at radius 2 is 1.55 bits per heavy atom. The molecule has 2 aliphatic rings. The van der Waals surface area contributed by atoms with Crippen LogP contribution in [-0.4, -0.2) is 114 Å². The lowest BCUT2D eigenvalue weighted by atomic mass is 9.91. The Morgan fingerprint density at radius 3 is 2.29 bits per heavy atom. The molecule has 8 N–H and O–H groups in total. The maximum absolute atomic E-state index is 13.3. The van der Waals surface area contributed by atoms with E-state index in [2.05, 4.69) is 48.2 Å². The second kappa shape index (κ2) is 23.5. The third-order valence-electron chi connectivity index (χ3n) is 10.6. The van der Waals surface area contributed by atoms with Crippen molar-refractivity contribution in [1.29, 1.82) is 0 Å². The molecule has 0 radical (unpaired) electrons. The number of piperidine rings is 2. The number of ether oxygens (including phenoxy) is 3. The predicted molar refractivity (Wildman–Crippen MR) is 245 cm³/mol. The van der Waals surface area contributed by atoms with Gasteiger partial charge in [-0.2, -0.15) is 5.10 Å². The molecule has 2 fully saturated rings. The standard InChI is InChI=1S/C43H54ClN11O9S/c1-43(46)14-17-54(18-15-43)32-26-48-41(39(45)52-32)65-31-8-3-7-29(38(31)44)51-34(57)10-4-9-33(56)47-16-20-63-22-24-64-23-21-62-19-13-36(59)50-28-6-2-5-27-25-49-55(42(61)37(27)28)30-11-12-35(58)53-40(30)60/h2-3,5-8,25-26,30H,4,9-24,46H2,1H3,(H2,45,52)(H,47,56)(H,50,59)(H,51,57)(H,53,58,60). The van der Waals surface area contributed by atoms with Crippen LogP contribution in [-0.2, 0) is 38.2 Å². The topological polar surface area (TPSA) is 277 Å². The van der Waals surface area contributed by atoms with Gasteiger partial charge in [0.25, 0.3) is 11.5 Å². The van der Waals surface area contributed by atoms with E-state index in [0.717, 1.165) is 30.6 Å². The van der Waals surface area contributed by atoms with Crippen LogP contribution in [0, 0.1) is 0 Å². The molecular weight excluding hydrogens is 882 g/mol. The first-order valence-electron chi connectivity index (χ1n) is 21.3. The number of fused-ring (bicyclic) bond motifs is 1. The molecular formula is C43H54ClN11O9S. The second-order valence-corrected chi connectivity index (χ2v) is 17.2. The fourth-order valence-corrected chi connectivity index (χ4v) is 8.09. The quantitative estimate of drug-likeness (QED) is 0.0488. The van der Waals surface area contributed by atoms with Gasteiger partial charge in [0, 0.05) is 54.7 Å². The number of aromatic nitrogens is 4. The van der Waals surface area contributed by atoms with E-state index in [0.29, 0.717) is 58.0 Å². The number of carbonyl (C=O) groups excluding carboxylic acids is 5. The number of nitrogens with two attached hydrogens (primary N) is 2. The molecule has 0 saturated carbocycles. The Hall–Kier alpha value is -5.71. The van der Waals surface area contributed by atoms with Crippen LogP contribution in [0.1, 0.15) is 64.3 Å². The molecule has 6 rings (SSSR count). The van der Waals surface area contributed by atoms with Gasteiger partial charge in [-0.1, -0.05) is 41.6 Å². The highest BCUT2D eigenvalue weighted by Crippen LogP contribution is 2.39. The summed E-state index contributed by atoms with van der Waals surface area (Å²) in [4.78, 5) is 86.8. The summed E-state index contributed by atoms with van der Waals surface area (Å²) in [5.41, 5.74) is 12.5. The molecule has 4 heterocycles. The summed E-state index contributed by atoms with van der Waals surface area (Å²) in [6.45, 7) is 5.41. The number of amides is 5. The van der Waals surface area contributed by atoms with E-state index in [1.165, 1.54) is 18.0 Å². The van der Waals surface area contributed by atoms with Crippen molar-refractivity contribution in [2.45, 2.75) is 79.8 Å². The second-order valence-electron chi connectivity index (χ2n) is 15.8. The molecule has 0 bridgehead atoms. The summed E-state index contributed by atoms with van der Waals surface area (Å²) in [6, 6.07) is 9.29. The smallest absolute Gasteiger partial charge is 0.277 e. The monoisotopic (exact) mass is 935 g/mol. The maximum atomic E-state index is 13.3. The highest BCUT2D eigenvalue weighted by molar-refractivity contribution is 7.99. The van der Waals surface area contributed by atoms with Crippen LogP contribution in [0.15, 0.2) is 63.5 Å². The molecule has 5 amide bonds. The number of imide groups is 1. The lowest BCUT2D eigenvalue weighted by molar-refractivity contribution is -0.136. The first kappa shape index (κ1) is 48.7. The van der Waals surface area contributed by atoms with Crippen LogP contribution in [0.5, 0.6) is 0 Å². The average Bonchev–Trinajstić information content (AvgIpc) is 3.26. The summed E-state index contributed by atoms with van der Waals surface area (Å²) < 4.78 is 17.6. The van der Waals surface area contributed by atoms with Crippen LogP contribution >= 0.6 is 23.4 Å². The largest absolute Gasteiger partial charge is 0.381 e. The van der Waals surface area contributed by atoms with Gasteiger partial charge < -0.3 is 46.5 Å². The van der Waals surface area contributed by atoms with Gasteiger partial charge in [0.1, 0.15) is 16.9 Å². The molecule has 2 saturated heterocycles.